The van der Waals surface area contributed by atoms with E-state index in [0.717, 1.165) is 76.2 Å². The van der Waals surface area contributed by atoms with Crippen LogP contribution in [-0.4, -0.2) is 42.1 Å². The first kappa shape index (κ1) is 52.3. The number of nitrogens with one attached hydrogen (secondary N) is 2. The maximum Gasteiger partial charge on any atom is 0.326 e. The number of carboxylic acid groups (broad SMARTS) is 1. The van der Waals surface area contributed by atoms with Crippen molar-refractivity contribution in [3.05, 3.63) is 176 Å². The van der Waals surface area contributed by atoms with Gasteiger partial charge in [-0.1, -0.05) is 166 Å². The smallest absolute Gasteiger partial charge is 0.326 e. The highest BCUT2D eigenvalue weighted by atomic mass is 16.5. The summed E-state index contributed by atoms with van der Waals surface area (Å²) in [7, 11) is 0. The van der Waals surface area contributed by atoms with Crippen LogP contribution in [0.4, 0.5) is 0 Å². The van der Waals surface area contributed by atoms with Gasteiger partial charge in [0.1, 0.15) is 18.4 Å². The molecule has 1 aromatic rings. The molecule has 0 heterocycles. The van der Waals surface area contributed by atoms with Crippen LogP contribution < -0.4 is 15.4 Å². The van der Waals surface area contributed by atoms with E-state index in [9.17, 15) is 19.5 Å². The third-order valence-corrected chi connectivity index (χ3v) is 8.50. The molecule has 0 aliphatic heterocycles. The summed E-state index contributed by atoms with van der Waals surface area (Å²) >= 11 is 0. The lowest BCUT2D eigenvalue weighted by Crippen LogP contribution is -2.41. The molecule has 0 saturated heterocycles. The zero-order chi connectivity index (χ0) is 43.4. The van der Waals surface area contributed by atoms with Gasteiger partial charge in [0.05, 0.1) is 6.54 Å². The van der Waals surface area contributed by atoms with Crippen molar-refractivity contribution >= 4 is 17.8 Å². The van der Waals surface area contributed by atoms with Gasteiger partial charge < -0.3 is 20.5 Å². The lowest BCUT2D eigenvalue weighted by Gasteiger charge is -2.14. The van der Waals surface area contributed by atoms with Crippen LogP contribution in [0.3, 0.4) is 0 Å². The molecule has 7 heteroatoms. The number of carbonyl (C=O) groups excluding carboxylic acids is 2. The van der Waals surface area contributed by atoms with E-state index < -0.39 is 17.9 Å². The molecule has 1 atom stereocenters. The van der Waals surface area contributed by atoms with E-state index in [1.807, 2.05) is 18.2 Å². The number of rotatable bonds is 34. The molecule has 0 spiro atoms. The number of aliphatic carboxylic acids is 1. The highest BCUT2D eigenvalue weighted by molar-refractivity contribution is 5.91. The molecular formula is C53H72N2O5. The second-order valence-corrected chi connectivity index (χ2v) is 13.7. The summed E-state index contributed by atoms with van der Waals surface area (Å²) in [5.74, 6) is -0.973. The molecule has 324 valence electrons. The zero-order valence-electron chi connectivity index (χ0n) is 36.3. The van der Waals surface area contributed by atoms with Gasteiger partial charge in [-0.2, -0.15) is 0 Å². The van der Waals surface area contributed by atoms with Gasteiger partial charge in [0, 0.05) is 12.8 Å². The van der Waals surface area contributed by atoms with Gasteiger partial charge in [-0.15, -0.1) is 0 Å². The van der Waals surface area contributed by atoms with Crippen LogP contribution in [0.1, 0.15) is 109 Å². The van der Waals surface area contributed by atoms with Crippen molar-refractivity contribution in [1.82, 2.24) is 10.6 Å². The molecule has 0 aliphatic carbocycles. The van der Waals surface area contributed by atoms with Crippen molar-refractivity contribution < 1.29 is 24.2 Å². The summed E-state index contributed by atoms with van der Waals surface area (Å²) in [5, 5.41) is 15.1. The van der Waals surface area contributed by atoms with Crippen LogP contribution in [-0.2, 0) is 20.8 Å². The molecule has 0 radical (unpaired) electrons. The van der Waals surface area contributed by atoms with Crippen LogP contribution in [0.5, 0.6) is 5.75 Å². The minimum Gasteiger partial charge on any atom is -0.492 e. The van der Waals surface area contributed by atoms with Gasteiger partial charge in [0.2, 0.25) is 11.8 Å². The Bertz CT molecular complexity index is 1650. The summed E-state index contributed by atoms with van der Waals surface area (Å²) in [5.41, 5.74) is 0.750. The van der Waals surface area contributed by atoms with Gasteiger partial charge >= 0.3 is 5.97 Å². The molecule has 0 fully saturated rings. The largest absolute Gasteiger partial charge is 0.492 e. The average molecular weight is 817 g/mol. The number of carbonyl (C=O) groups is 3. The van der Waals surface area contributed by atoms with Crippen molar-refractivity contribution in [1.29, 1.82) is 0 Å². The summed E-state index contributed by atoms with van der Waals surface area (Å²) in [6, 6.07) is 6.00. The van der Waals surface area contributed by atoms with E-state index in [-0.39, 0.29) is 12.3 Å². The fraction of sp³-hybridized carbons (Fsp3) is 0.377. The predicted octanol–water partition coefficient (Wildman–Crippen LogP) is 12.5. The highest BCUT2D eigenvalue weighted by Crippen LogP contribution is 2.14. The van der Waals surface area contributed by atoms with Gasteiger partial charge in [0.25, 0.3) is 0 Å². The number of hydrogen-bond acceptors (Lipinski definition) is 4. The summed E-state index contributed by atoms with van der Waals surface area (Å²) in [6.07, 6.45) is 62.6. The van der Waals surface area contributed by atoms with Crippen LogP contribution in [0, 0.1) is 0 Å². The Hall–Kier alpha value is -5.69. The van der Waals surface area contributed by atoms with Crippen LogP contribution >= 0.6 is 0 Å². The molecule has 60 heavy (non-hydrogen) atoms. The Morgan fingerprint density at radius 2 is 0.933 bits per heavy atom. The molecule has 0 unspecified atom stereocenters. The topological polar surface area (TPSA) is 105 Å². The summed E-state index contributed by atoms with van der Waals surface area (Å²) < 4.78 is 5.74. The standard InChI is InChI=1S/C53H72N2O5/c1-3-5-7-9-11-13-15-17-19-21-22-24-25-27-29-31-33-35-37-39-51(56)54-45-46-60-49-43-41-48(42-44-49)47-50(53(58)59)55-52(57)40-38-36-34-32-30-28-26-23-20-18-16-14-12-10-8-6-4-2/h5-8,11-14,17-20,22,24,26-29,32-35,38,40-44,50H,3-4,9-10,15-16,21,23,25,30-31,36-37,39,45-47H2,1-2H3,(H,54,56)(H,55,57)(H,58,59)/b7-5-,8-6-,13-11-,14-12-,19-17-,20-18-,24-22-,28-26-,29-27-,34-32-,35-33-,40-38-/t50-/m0/s1. The van der Waals surface area contributed by atoms with Crippen molar-refractivity contribution in [2.24, 2.45) is 0 Å². The molecular weight excluding hydrogens is 745 g/mol. The minimum absolute atomic E-state index is 0.0285. The number of benzene rings is 1. The Morgan fingerprint density at radius 1 is 0.550 bits per heavy atom. The van der Waals surface area contributed by atoms with E-state index in [2.05, 4.69) is 140 Å². The molecule has 1 rings (SSSR count). The molecule has 0 aliphatic rings. The normalized spacial score (nSPS) is 13.4. The fourth-order valence-corrected chi connectivity index (χ4v) is 5.28. The van der Waals surface area contributed by atoms with Gasteiger partial charge in [0.15, 0.2) is 0 Å². The van der Waals surface area contributed by atoms with Gasteiger partial charge in [-0.05, 0) is 107 Å². The number of allylic oxidation sites excluding steroid dienone is 23. The SMILES string of the molecule is CC/C=C\C/C=C\C/C=C\C/C=C\C/C=C\C/C=C\CCC(=O)NCCOc1ccc(C[C@H](NC(=O)/C=C\C/C=C\C/C=C\C/C=C\C/C=C\C/C=C\CC)C(=O)O)cc1. The average Bonchev–Trinajstić information content (AvgIpc) is 3.24. The fourth-order valence-electron chi connectivity index (χ4n) is 5.28. The Morgan fingerprint density at radius 3 is 1.33 bits per heavy atom. The maximum atomic E-state index is 12.4. The number of carboxylic acids is 1. The van der Waals surface area contributed by atoms with Crippen molar-refractivity contribution in [2.75, 3.05) is 13.2 Å². The molecule has 2 amide bonds. The van der Waals surface area contributed by atoms with Crippen molar-refractivity contribution in [2.45, 2.75) is 116 Å². The lowest BCUT2D eigenvalue weighted by molar-refractivity contribution is -0.141. The highest BCUT2D eigenvalue weighted by Gasteiger charge is 2.19. The monoisotopic (exact) mass is 817 g/mol. The minimum atomic E-state index is -1.11. The quantitative estimate of drug-likeness (QED) is 0.0365. The second-order valence-electron chi connectivity index (χ2n) is 13.7. The first-order chi connectivity index (χ1) is 29.5. The molecule has 3 N–H and O–H groups in total. The third kappa shape index (κ3) is 34.4. The lowest BCUT2D eigenvalue weighted by atomic mass is 10.1. The summed E-state index contributed by atoms with van der Waals surface area (Å²) in [6.45, 7) is 4.97. The first-order valence-corrected chi connectivity index (χ1v) is 21.8. The third-order valence-electron chi connectivity index (χ3n) is 8.50. The molecule has 7 nitrogen and oxygen atoms in total. The second kappa shape index (κ2) is 40.1. The molecule has 0 aromatic heterocycles. The molecule has 0 saturated carbocycles. The van der Waals surface area contributed by atoms with Gasteiger partial charge in [-0.3, -0.25) is 9.59 Å². The number of amides is 2. The first-order valence-electron chi connectivity index (χ1n) is 21.8. The van der Waals surface area contributed by atoms with E-state index in [1.54, 1.807) is 30.3 Å². The Labute approximate surface area is 362 Å². The maximum absolute atomic E-state index is 12.4. The van der Waals surface area contributed by atoms with E-state index in [0.29, 0.717) is 38.2 Å². The Kier molecular flexibility index (Phi) is 35.0. The van der Waals surface area contributed by atoms with Gasteiger partial charge in [-0.25, -0.2) is 4.79 Å². The number of ether oxygens (including phenoxy) is 1. The molecule has 1 aromatic carbocycles. The molecule has 0 bridgehead atoms. The van der Waals surface area contributed by atoms with Crippen molar-refractivity contribution in [3.63, 3.8) is 0 Å². The van der Waals surface area contributed by atoms with Crippen LogP contribution in [0.15, 0.2) is 170 Å². The zero-order valence-corrected chi connectivity index (χ0v) is 36.3. The Balaban J connectivity index is 2.19. The van der Waals surface area contributed by atoms with Crippen molar-refractivity contribution in [3.8, 4) is 5.75 Å². The van der Waals surface area contributed by atoms with Crippen LogP contribution in [0.2, 0.25) is 0 Å². The summed E-state index contributed by atoms with van der Waals surface area (Å²) in [4.78, 5) is 36.4. The van der Waals surface area contributed by atoms with E-state index >= 15 is 0 Å². The predicted molar refractivity (Wildman–Crippen MR) is 254 cm³/mol. The van der Waals surface area contributed by atoms with E-state index in [4.69, 9.17) is 4.74 Å². The van der Waals surface area contributed by atoms with Crippen LogP contribution in [0.25, 0.3) is 0 Å². The number of hydrogen-bond donors (Lipinski definition) is 3. The van der Waals surface area contributed by atoms with E-state index in [1.165, 1.54) is 6.08 Å².